The highest BCUT2D eigenvalue weighted by atomic mass is 32.1. The number of thiol groups is 1. The lowest BCUT2D eigenvalue weighted by atomic mass is 9.88. The normalized spacial score (nSPS) is 16.8. The second kappa shape index (κ2) is 15.6. The number of allylic oxidation sites excluding steroid dienone is 2. The highest BCUT2D eigenvalue weighted by Crippen LogP contribution is 2.44. The van der Waals surface area contributed by atoms with Crippen molar-refractivity contribution >= 4 is 46.0 Å². The molecule has 0 N–H and O–H groups in total. The number of hydrogen-bond acceptors (Lipinski definition) is 3. The molecule has 0 aliphatic heterocycles. The van der Waals surface area contributed by atoms with E-state index in [4.69, 9.17) is 17.4 Å². The summed E-state index contributed by atoms with van der Waals surface area (Å²) in [6.07, 6.45) is 9.13. The van der Waals surface area contributed by atoms with Gasteiger partial charge in [0.1, 0.15) is 0 Å². The quantitative estimate of drug-likeness (QED) is 0.149. The third kappa shape index (κ3) is 7.14. The van der Waals surface area contributed by atoms with Crippen molar-refractivity contribution in [2.75, 3.05) is 4.90 Å². The molecule has 0 bridgehead atoms. The van der Waals surface area contributed by atoms with E-state index in [1.54, 1.807) is 0 Å². The van der Waals surface area contributed by atoms with Gasteiger partial charge in [-0.2, -0.15) is 12.6 Å². The minimum absolute atomic E-state index is 0.0831. The SMILES string of the molecule is SC1CCc2cc(N(c3cccc(C4=CCCCC4)c3)c3cc(-c4ccccc4)c4ccccc4c3)ccc2C1OCc1ccc(-c2ccccc2)cc1. The van der Waals surface area contributed by atoms with Crippen LogP contribution in [0, 0.1) is 0 Å². The lowest BCUT2D eigenvalue weighted by molar-refractivity contribution is 0.0330. The summed E-state index contributed by atoms with van der Waals surface area (Å²) in [6, 6.07) is 59.7. The number of nitrogens with zero attached hydrogens (tertiary/aromatic N) is 1. The first-order valence-electron chi connectivity index (χ1n) is 19.4. The number of benzene rings is 7. The lowest BCUT2D eigenvalue weighted by Crippen LogP contribution is -2.24. The molecule has 0 fully saturated rings. The first kappa shape index (κ1) is 34.4. The zero-order valence-corrected chi connectivity index (χ0v) is 31.5. The summed E-state index contributed by atoms with van der Waals surface area (Å²) in [4.78, 5) is 2.46. The summed E-state index contributed by atoms with van der Waals surface area (Å²) < 4.78 is 6.72. The molecule has 0 spiro atoms. The van der Waals surface area contributed by atoms with E-state index < -0.39 is 0 Å². The van der Waals surface area contributed by atoms with Crippen molar-refractivity contribution in [3.8, 4) is 22.3 Å². The Hall–Kier alpha value is -5.35. The summed E-state index contributed by atoms with van der Waals surface area (Å²) in [5, 5.41) is 2.62. The fraction of sp³-hybridized carbons (Fsp3) is 0.176. The van der Waals surface area contributed by atoms with Crippen molar-refractivity contribution in [3.63, 3.8) is 0 Å². The smallest absolute Gasteiger partial charge is 0.0948 e. The highest BCUT2D eigenvalue weighted by Gasteiger charge is 2.29. The molecular weight excluding hydrogens is 675 g/mol. The van der Waals surface area contributed by atoms with Crippen LogP contribution in [0.1, 0.15) is 60.5 Å². The molecule has 2 atom stereocenters. The van der Waals surface area contributed by atoms with E-state index >= 15 is 0 Å². The van der Waals surface area contributed by atoms with Crippen LogP contribution in [0.2, 0.25) is 0 Å². The molecule has 0 heterocycles. The van der Waals surface area contributed by atoms with Gasteiger partial charge in [-0.25, -0.2) is 0 Å². The van der Waals surface area contributed by atoms with E-state index in [1.807, 2.05) is 0 Å². The minimum atomic E-state index is -0.0831. The Morgan fingerprint density at radius 2 is 1.30 bits per heavy atom. The molecule has 0 saturated carbocycles. The largest absolute Gasteiger partial charge is 0.368 e. The van der Waals surface area contributed by atoms with Crippen LogP contribution in [0.5, 0.6) is 0 Å². The molecule has 0 saturated heterocycles. The third-order valence-electron chi connectivity index (χ3n) is 11.2. The van der Waals surface area contributed by atoms with Crippen LogP contribution in [0.4, 0.5) is 17.1 Å². The van der Waals surface area contributed by atoms with Gasteiger partial charge < -0.3 is 9.64 Å². The van der Waals surface area contributed by atoms with E-state index in [2.05, 4.69) is 175 Å². The molecule has 54 heavy (non-hydrogen) atoms. The van der Waals surface area contributed by atoms with E-state index in [0.717, 1.165) is 37.1 Å². The summed E-state index contributed by atoms with van der Waals surface area (Å²) in [5.74, 6) is 0. The molecule has 7 aromatic rings. The van der Waals surface area contributed by atoms with Crippen LogP contribution >= 0.6 is 12.6 Å². The van der Waals surface area contributed by atoms with Gasteiger partial charge in [0.25, 0.3) is 0 Å². The Labute approximate surface area is 325 Å². The zero-order valence-electron chi connectivity index (χ0n) is 30.6. The molecule has 0 radical (unpaired) electrons. The van der Waals surface area contributed by atoms with Crippen LogP contribution in [0.3, 0.4) is 0 Å². The molecular formula is C51H45NOS. The average molecular weight is 720 g/mol. The van der Waals surface area contributed by atoms with Gasteiger partial charge in [-0.3, -0.25) is 0 Å². The van der Waals surface area contributed by atoms with Gasteiger partial charge in [0, 0.05) is 22.3 Å². The molecule has 9 rings (SSSR count). The number of fused-ring (bicyclic) bond motifs is 2. The molecule has 2 aliphatic rings. The Balaban J connectivity index is 1.09. The van der Waals surface area contributed by atoms with Gasteiger partial charge in [0.15, 0.2) is 0 Å². The first-order valence-corrected chi connectivity index (χ1v) is 19.9. The Morgan fingerprint density at radius 1 is 0.574 bits per heavy atom. The van der Waals surface area contributed by atoms with Crippen molar-refractivity contribution in [2.24, 2.45) is 0 Å². The van der Waals surface area contributed by atoms with Crippen LogP contribution in [0.25, 0.3) is 38.6 Å². The van der Waals surface area contributed by atoms with Crippen molar-refractivity contribution in [3.05, 3.63) is 192 Å². The first-order chi connectivity index (χ1) is 26.7. The van der Waals surface area contributed by atoms with Crippen molar-refractivity contribution in [1.29, 1.82) is 0 Å². The number of hydrogen-bond donors (Lipinski definition) is 1. The Bertz CT molecular complexity index is 2420. The van der Waals surface area contributed by atoms with Gasteiger partial charge in [0.2, 0.25) is 0 Å². The summed E-state index contributed by atoms with van der Waals surface area (Å²) >= 11 is 5.07. The second-order valence-electron chi connectivity index (χ2n) is 14.7. The summed E-state index contributed by atoms with van der Waals surface area (Å²) in [5.41, 5.74) is 14.9. The van der Waals surface area contributed by atoms with Gasteiger partial charge >= 0.3 is 0 Å². The van der Waals surface area contributed by atoms with Gasteiger partial charge in [-0.1, -0.05) is 133 Å². The molecule has 2 aliphatic carbocycles. The fourth-order valence-corrected chi connectivity index (χ4v) is 8.75. The standard InChI is InChI=1S/C51H45NOS/c54-50-30-27-43-32-45(28-29-48(43)51(50)53-35-36-23-25-39(26-24-36)37-13-4-1-5-14-37)52(44-21-12-20-41(31-44)38-15-6-2-7-16-38)46-33-42-19-10-11-22-47(42)49(34-46)40-17-8-3-9-18-40/h1,3-5,8-15,17-26,28-29,31-34,50-51,54H,2,6-7,16,27,30,35H2. The van der Waals surface area contributed by atoms with Gasteiger partial charge in [0.05, 0.1) is 12.7 Å². The van der Waals surface area contributed by atoms with Gasteiger partial charge in [-0.05, 0) is 136 Å². The van der Waals surface area contributed by atoms with Crippen LogP contribution in [-0.2, 0) is 17.8 Å². The number of anilines is 3. The molecule has 7 aromatic carbocycles. The predicted molar refractivity (Wildman–Crippen MR) is 231 cm³/mol. The molecule has 2 unspecified atom stereocenters. The van der Waals surface area contributed by atoms with E-state index in [1.165, 1.54) is 79.4 Å². The maximum absolute atomic E-state index is 6.72. The minimum Gasteiger partial charge on any atom is -0.368 e. The monoisotopic (exact) mass is 719 g/mol. The molecule has 0 aromatic heterocycles. The van der Waals surface area contributed by atoms with Crippen molar-refractivity contribution in [2.45, 2.75) is 56.5 Å². The third-order valence-corrected chi connectivity index (χ3v) is 11.7. The predicted octanol–water partition coefficient (Wildman–Crippen LogP) is 14.1. The second-order valence-corrected chi connectivity index (χ2v) is 15.4. The maximum atomic E-state index is 6.72. The number of ether oxygens (including phenoxy) is 1. The van der Waals surface area contributed by atoms with Crippen molar-refractivity contribution in [1.82, 2.24) is 0 Å². The number of aryl methyl sites for hydroxylation is 1. The molecule has 2 nitrogen and oxygen atoms in total. The zero-order chi connectivity index (χ0) is 36.3. The van der Waals surface area contributed by atoms with Gasteiger partial charge in [-0.15, -0.1) is 0 Å². The molecule has 266 valence electrons. The topological polar surface area (TPSA) is 12.5 Å². The van der Waals surface area contributed by atoms with E-state index in [9.17, 15) is 0 Å². The maximum Gasteiger partial charge on any atom is 0.0948 e. The summed E-state index contributed by atoms with van der Waals surface area (Å²) in [7, 11) is 0. The van der Waals surface area contributed by atoms with Crippen LogP contribution in [-0.4, -0.2) is 5.25 Å². The number of rotatable bonds is 9. The Kier molecular flexibility index (Phi) is 9.91. The highest BCUT2D eigenvalue weighted by molar-refractivity contribution is 7.81. The summed E-state index contributed by atoms with van der Waals surface area (Å²) in [6.45, 7) is 0.548. The lowest BCUT2D eigenvalue weighted by Gasteiger charge is -2.33. The average Bonchev–Trinajstić information content (AvgIpc) is 3.24. The van der Waals surface area contributed by atoms with Crippen molar-refractivity contribution < 1.29 is 4.74 Å². The molecule has 3 heteroatoms. The molecule has 0 amide bonds. The van der Waals surface area contributed by atoms with Crippen LogP contribution < -0.4 is 4.90 Å². The van der Waals surface area contributed by atoms with Crippen LogP contribution in [0.15, 0.2) is 170 Å². The fourth-order valence-electron chi connectivity index (χ4n) is 8.37. The van der Waals surface area contributed by atoms with E-state index in [0.29, 0.717) is 6.61 Å². The van der Waals surface area contributed by atoms with E-state index in [-0.39, 0.29) is 11.4 Å². The Morgan fingerprint density at radius 3 is 2.09 bits per heavy atom.